The lowest BCUT2D eigenvalue weighted by Gasteiger charge is -2.23. The smallest absolute Gasteiger partial charge is 0.266 e. The summed E-state index contributed by atoms with van der Waals surface area (Å²) in [5.74, 6) is 0.848. The Bertz CT molecular complexity index is 633. The average molecular weight is 378 g/mol. The van der Waals surface area contributed by atoms with Crippen molar-refractivity contribution in [2.24, 2.45) is 5.92 Å². The minimum Gasteiger partial charge on any atom is -0.293 e. The van der Waals surface area contributed by atoms with E-state index in [9.17, 15) is 4.79 Å². The number of benzene rings is 1. The van der Waals surface area contributed by atoms with Gasteiger partial charge >= 0.3 is 0 Å². The summed E-state index contributed by atoms with van der Waals surface area (Å²) in [7, 11) is 0. The number of thiocarbonyl (C=S) groups is 1. The molecule has 1 aromatic carbocycles. The van der Waals surface area contributed by atoms with E-state index in [1.807, 2.05) is 6.08 Å². The average Bonchev–Trinajstić information content (AvgIpc) is 2.88. The second-order valence-corrected chi connectivity index (χ2v) is 8.95. The Kier molecular flexibility index (Phi) is 6.42. The lowest BCUT2D eigenvalue weighted by molar-refractivity contribution is -0.122. The number of hydrogen-bond acceptors (Lipinski definition) is 4. The third-order valence-corrected chi connectivity index (χ3v) is 6.89. The monoisotopic (exact) mass is 377 g/mol. The number of rotatable bonds is 5. The number of carbonyl (C=O) groups is 1. The highest BCUT2D eigenvalue weighted by Crippen LogP contribution is 2.34. The van der Waals surface area contributed by atoms with Crippen LogP contribution in [-0.4, -0.2) is 27.9 Å². The van der Waals surface area contributed by atoms with Crippen molar-refractivity contribution in [3.8, 4) is 0 Å². The lowest BCUT2D eigenvalue weighted by Crippen LogP contribution is -2.30. The summed E-state index contributed by atoms with van der Waals surface area (Å²) in [5, 5.41) is 0. The highest BCUT2D eigenvalue weighted by atomic mass is 32.2. The molecule has 5 heteroatoms. The molecule has 128 valence electrons. The Morgan fingerprint density at radius 2 is 1.96 bits per heavy atom. The maximum Gasteiger partial charge on any atom is 0.266 e. The van der Waals surface area contributed by atoms with Crippen LogP contribution in [0.4, 0.5) is 0 Å². The minimum absolute atomic E-state index is 0.0785. The van der Waals surface area contributed by atoms with Crippen LogP contribution in [0.2, 0.25) is 0 Å². The largest absolute Gasteiger partial charge is 0.293 e. The lowest BCUT2D eigenvalue weighted by atomic mass is 9.87. The van der Waals surface area contributed by atoms with Crippen LogP contribution in [0, 0.1) is 5.92 Å². The summed E-state index contributed by atoms with van der Waals surface area (Å²) in [6.07, 6.45) is 11.8. The Morgan fingerprint density at radius 3 is 2.62 bits per heavy atom. The Morgan fingerprint density at radius 1 is 1.25 bits per heavy atom. The zero-order valence-corrected chi connectivity index (χ0v) is 16.4. The third-order valence-electron chi connectivity index (χ3n) is 4.77. The summed E-state index contributed by atoms with van der Waals surface area (Å²) in [4.78, 5) is 16.4. The van der Waals surface area contributed by atoms with Crippen LogP contribution in [0.25, 0.3) is 6.08 Å². The Balaban J connectivity index is 1.63. The number of amides is 1. The van der Waals surface area contributed by atoms with E-state index < -0.39 is 0 Å². The highest BCUT2D eigenvalue weighted by molar-refractivity contribution is 8.26. The fourth-order valence-corrected chi connectivity index (χ4v) is 5.05. The predicted octanol–water partition coefficient (Wildman–Crippen LogP) is 5.58. The molecule has 0 atom stereocenters. The first-order valence-electron chi connectivity index (χ1n) is 8.57. The van der Waals surface area contributed by atoms with Crippen molar-refractivity contribution < 1.29 is 4.79 Å². The molecule has 24 heavy (non-hydrogen) atoms. The van der Waals surface area contributed by atoms with Crippen LogP contribution in [0.5, 0.6) is 0 Å². The molecule has 1 saturated carbocycles. The van der Waals surface area contributed by atoms with Gasteiger partial charge in [0.25, 0.3) is 5.91 Å². The molecular formula is C19H23NOS3. The number of nitrogens with zero attached hydrogens (tertiary/aromatic N) is 1. The maximum atomic E-state index is 12.7. The molecule has 0 aromatic heterocycles. The van der Waals surface area contributed by atoms with Crippen molar-refractivity contribution in [3.05, 3.63) is 34.7 Å². The van der Waals surface area contributed by atoms with E-state index in [0.29, 0.717) is 4.32 Å². The van der Waals surface area contributed by atoms with E-state index in [0.717, 1.165) is 29.4 Å². The molecule has 0 spiro atoms. The van der Waals surface area contributed by atoms with Gasteiger partial charge < -0.3 is 0 Å². The van der Waals surface area contributed by atoms with Crippen molar-refractivity contribution >= 4 is 52.0 Å². The number of hydrogen-bond donors (Lipinski definition) is 0. The zero-order valence-electron chi connectivity index (χ0n) is 14.0. The van der Waals surface area contributed by atoms with E-state index >= 15 is 0 Å². The van der Waals surface area contributed by atoms with Gasteiger partial charge in [-0.2, -0.15) is 0 Å². The van der Waals surface area contributed by atoms with E-state index in [2.05, 4.69) is 30.5 Å². The van der Waals surface area contributed by atoms with Crippen LogP contribution in [0.1, 0.15) is 44.1 Å². The second-order valence-electron chi connectivity index (χ2n) is 6.40. The molecule has 1 aromatic rings. The first-order valence-corrected chi connectivity index (χ1v) is 11.0. The molecule has 1 amide bonds. The Labute approximate surface area is 158 Å². The van der Waals surface area contributed by atoms with Gasteiger partial charge in [-0.1, -0.05) is 68.2 Å². The molecular weight excluding hydrogens is 354 g/mol. The van der Waals surface area contributed by atoms with Crippen LogP contribution in [-0.2, 0) is 4.79 Å². The zero-order chi connectivity index (χ0) is 16.9. The molecule has 0 bridgehead atoms. The molecule has 3 rings (SSSR count). The van der Waals surface area contributed by atoms with Crippen LogP contribution in [0.15, 0.2) is 34.1 Å². The van der Waals surface area contributed by atoms with Gasteiger partial charge in [-0.25, -0.2) is 0 Å². The predicted molar refractivity (Wildman–Crippen MR) is 109 cm³/mol. The maximum absolute atomic E-state index is 12.7. The summed E-state index contributed by atoms with van der Waals surface area (Å²) in [6, 6.07) is 8.28. The summed E-state index contributed by atoms with van der Waals surface area (Å²) in [5.41, 5.74) is 1.06. The van der Waals surface area contributed by atoms with Gasteiger partial charge in [-0.05, 0) is 42.4 Å². The molecule has 1 heterocycles. The summed E-state index contributed by atoms with van der Waals surface area (Å²) < 4.78 is 0.711. The topological polar surface area (TPSA) is 20.3 Å². The summed E-state index contributed by atoms with van der Waals surface area (Å²) >= 11 is 8.60. The van der Waals surface area contributed by atoms with Crippen molar-refractivity contribution in [2.45, 2.75) is 43.4 Å². The standard InChI is InChI=1S/C19H23NOS3/c1-23-16-9-7-15(8-10-16)13-17-18(21)20(19(22)24-17)12-11-14-5-3-2-4-6-14/h7-10,13-14H,2-6,11-12H2,1H3. The quantitative estimate of drug-likeness (QED) is 0.379. The van der Waals surface area contributed by atoms with Gasteiger partial charge in [-0.3, -0.25) is 9.69 Å². The van der Waals surface area contributed by atoms with Crippen molar-refractivity contribution in [2.75, 3.05) is 12.8 Å². The molecule has 0 radical (unpaired) electrons. The minimum atomic E-state index is 0.0785. The van der Waals surface area contributed by atoms with Crippen LogP contribution in [0.3, 0.4) is 0 Å². The second kappa shape index (κ2) is 8.54. The van der Waals surface area contributed by atoms with E-state index in [1.54, 1.807) is 16.7 Å². The van der Waals surface area contributed by atoms with Gasteiger partial charge in [-0.15, -0.1) is 11.8 Å². The van der Waals surface area contributed by atoms with Gasteiger partial charge in [0.2, 0.25) is 0 Å². The number of thioether (sulfide) groups is 2. The Hall–Kier alpha value is -0.780. The molecule has 1 saturated heterocycles. The molecule has 1 aliphatic carbocycles. The number of carbonyl (C=O) groups excluding carboxylic acids is 1. The summed E-state index contributed by atoms with van der Waals surface area (Å²) in [6.45, 7) is 0.776. The van der Waals surface area contributed by atoms with Crippen LogP contribution >= 0.6 is 35.7 Å². The molecule has 2 fully saturated rings. The molecule has 0 unspecified atom stereocenters. The fourth-order valence-electron chi connectivity index (χ4n) is 3.33. The SMILES string of the molecule is CSc1ccc(C=C2SC(=S)N(CCC3CCCCC3)C2=O)cc1. The molecule has 1 aliphatic heterocycles. The van der Waals surface area contributed by atoms with Gasteiger partial charge in [0.05, 0.1) is 4.91 Å². The fraction of sp³-hybridized carbons (Fsp3) is 0.474. The normalized spacial score (nSPS) is 21.0. The van der Waals surface area contributed by atoms with E-state index in [-0.39, 0.29) is 5.91 Å². The van der Waals surface area contributed by atoms with Crippen LogP contribution < -0.4 is 0 Å². The highest BCUT2D eigenvalue weighted by Gasteiger charge is 2.32. The van der Waals surface area contributed by atoms with Gasteiger partial charge in [0, 0.05) is 11.4 Å². The molecule has 0 N–H and O–H groups in total. The van der Waals surface area contributed by atoms with Gasteiger partial charge in [0.15, 0.2) is 0 Å². The van der Waals surface area contributed by atoms with E-state index in [4.69, 9.17) is 12.2 Å². The third kappa shape index (κ3) is 4.44. The van der Waals surface area contributed by atoms with Gasteiger partial charge in [0.1, 0.15) is 4.32 Å². The van der Waals surface area contributed by atoms with Crippen molar-refractivity contribution in [3.63, 3.8) is 0 Å². The van der Waals surface area contributed by atoms with Crippen molar-refractivity contribution in [1.82, 2.24) is 4.90 Å². The molecule has 2 nitrogen and oxygen atoms in total. The molecule has 2 aliphatic rings. The first-order chi connectivity index (χ1) is 11.7. The van der Waals surface area contributed by atoms with Crippen molar-refractivity contribution in [1.29, 1.82) is 0 Å². The van der Waals surface area contributed by atoms with E-state index in [1.165, 1.54) is 48.8 Å². The first kappa shape index (κ1) is 18.0.